The zero-order valence-electron chi connectivity index (χ0n) is 8.75. The van der Waals surface area contributed by atoms with E-state index in [1.807, 2.05) is 0 Å². The maximum atomic E-state index is 11.9. The van der Waals surface area contributed by atoms with Crippen molar-refractivity contribution in [2.45, 2.75) is 6.18 Å². The predicted molar refractivity (Wildman–Crippen MR) is 54.8 cm³/mol. The number of carbonyl (C=O) groups excluding carboxylic acids is 2. The lowest BCUT2D eigenvalue weighted by Crippen LogP contribution is -2.27. The Labute approximate surface area is 98.4 Å². The summed E-state index contributed by atoms with van der Waals surface area (Å²) in [5.74, 6) is -3.87. The van der Waals surface area contributed by atoms with Gasteiger partial charge in [-0.3, -0.25) is 0 Å². The first-order valence-electron chi connectivity index (χ1n) is 4.79. The second-order valence-corrected chi connectivity index (χ2v) is 3.42. The highest BCUT2D eigenvalue weighted by Crippen LogP contribution is 2.21. The van der Waals surface area contributed by atoms with E-state index >= 15 is 0 Å². The number of H-pyrrole nitrogens is 1. The normalized spacial score (nSPS) is 11.5. The highest BCUT2D eigenvalue weighted by Gasteiger charge is 2.42. The van der Waals surface area contributed by atoms with E-state index in [0.29, 0.717) is 10.9 Å². The predicted octanol–water partition coefficient (Wildman–Crippen LogP) is 2.41. The SMILES string of the molecule is O=C(OC(=O)C(F)(F)F)c1c[nH]c2ccccc12. The summed E-state index contributed by atoms with van der Waals surface area (Å²) in [4.78, 5) is 24.6. The molecule has 0 fully saturated rings. The molecule has 1 heterocycles. The average molecular weight is 257 g/mol. The van der Waals surface area contributed by atoms with Crippen LogP contribution in [0, 0.1) is 0 Å². The minimum Gasteiger partial charge on any atom is -0.383 e. The Morgan fingerprint density at radius 3 is 2.50 bits per heavy atom. The number of fused-ring (bicyclic) bond motifs is 1. The van der Waals surface area contributed by atoms with Gasteiger partial charge in [0, 0.05) is 17.1 Å². The van der Waals surface area contributed by atoms with Gasteiger partial charge in [0.2, 0.25) is 0 Å². The maximum absolute atomic E-state index is 11.9. The van der Waals surface area contributed by atoms with Crippen LogP contribution in [0.25, 0.3) is 10.9 Å². The lowest BCUT2D eigenvalue weighted by atomic mass is 10.2. The van der Waals surface area contributed by atoms with E-state index in [9.17, 15) is 22.8 Å². The number of aromatic amines is 1. The smallest absolute Gasteiger partial charge is 0.383 e. The van der Waals surface area contributed by atoms with Gasteiger partial charge in [0.25, 0.3) is 0 Å². The third-order valence-electron chi connectivity index (χ3n) is 2.23. The van der Waals surface area contributed by atoms with Crippen LogP contribution in [0.1, 0.15) is 10.4 Å². The Balaban J connectivity index is 2.27. The summed E-state index contributed by atoms with van der Waals surface area (Å²) in [6.07, 6.45) is -4.00. The molecule has 0 saturated carbocycles. The topological polar surface area (TPSA) is 59.2 Å². The minimum absolute atomic E-state index is 0.122. The Bertz CT molecular complexity index is 615. The first kappa shape index (κ1) is 12.2. The van der Waals surface area contributed by atoms with Crippen LogP contribution in [0.4, 0.5) is 13.2 Å². The fraction of sp³-hybridized carbons (Fsp3) is 0.0909. The zero-order valence-corrected chi connectivity index (χ0v) is 8.75. The van der Waals surface area contributed by atoms with Crippen LogP contribution >= 0.6 is 0 Å². The molecule has 18 heavy (non-hydrogen) atoms. The number of aromatic nitrogens is 1. The molecule has 0 unspecified atom stereocenters. The number of alkyl halides is 3. The molecule has 0 bridgehead atoms. The summed E-state index contributed by atoms with van der Waals surface area (Å²) >= 11 is 0. The van der Waals surface area contributed by atoms with Crippen LogP contribution in [-0.4, -0.2) is 23.1 Å². The molecule has 1 aromatic heterocycles. The number of nitrogens with one attached hydrogen (secondary N) is 1. The Hall–Kier alpha value is -2.31. The van der Waals surface area contributed by atoms with Gasteiger partial charge in [-0.15, -0.1) is 0 Å². The van der Waals surface area contributed by atoms with Crippen molar-refractivity contribution < 1.29 is 27.5 Å². The first-order chi connectivity index (χ1) is 8.39. The largest absolute Gasteiger partial charge is 0.491 e. The van der Waals surface area contributed by atoms with Crippen molar-refractivity contribution in [1.29, 1.82) is 0 Å². The van der Waals surface area contributed by atoms with Crippen LogP contribution in [0.2, 0.25) is 0 Å². The number of esters is 2. The molecular weight excluding hydrogens is 251 g/mol. The fourth-order valence-corrected chi connectivity index (χ4v) is 1.44. The van der Waals surface area contributed by atoms with E-state index in [0.717, 1.165) is 0 Å². The molecule has 0 aliphatic rings. The number of hydrogen-bond donors (Lipinski definition) is 1. The highest BCUT2D eigenvalue weighted by molar-refractivity contribution is 6.07. The molecule has 0 radical (unpaired) electrons. The van der Waals surface area contributed by atoms with Gasteiger partial charge in [0.15, 0.2) is 0 Å². The zero-order chi connectivity index (χ0) is 13.3. The number of carbonyl (C=O) groups is 2. The summed E-state index contributed by atoms with van der Waals surface area (Å²) in [5, 5.41) is 0.387. The van der Waals surface area contributed by atoms with Crippen molar-refractivity contribution in [3.8, 4) is 0 Å². The molecule has 0 atom stereocenters. The lowest BCUT2D eigenvalue weighted by Gasteiger charge is -2.04. The second-order valence-electron chi connectivity index (χ2n) is 3.42. The summed E-state index contributed by atoms with van der Waals surface area (Å²) in [7, 11) is 0. The quantitative estimate of drug-likeness (QED) is 0.630. The van der Waals surface area contributed by atoms with E-state index < -0.39 is 18.1 Å². The molecule has 4 nitrogen and oxygen atoms in total. The van der Waals surface area contributed by atoms with E-state index in [-0.39, 0.29) is 5.56 Å². The summed E-state index contributed by atoms with van der Waals surface area (Å²) in [5.41, 5.74) is 0.437. The Morgan fingerprint density at radius 1 is 1.17 bits per heavy atom. The summed E-state index contributed by atoms with van der Waals surface area (Å²) in [6, 6.07) is 6.46. The van der Waals surface area contributed by atoms with Crippen LogP contribution in [-0.2, 0) is 9.53 Å². The van der Waals surface area contributed by atoms with Crippen LogP contribution in [0.15, 0.2) is 30.5 Å². The molecule has 0 aliphatic heterocycles. The number of para-hydroxylation sites is 1. The monoisotopic (exact) mass is 257 g/mol. The third kappa shape index (κ3) is 2.20. The first-order valence-corrected chi connectivity index (χ1v) is 4.79. The molecule has 1 aromatic carbocycles. The van der Waals surface area contributed by atoms with E-state index in [1.165, 1.54) is 12.3 Å². The molecule has 0 amide bonds. The van der Waals surface area contributed by atoms with Gasteiger partial charge in [0.1, 0.15) is 0 Å². The molecule has 2 aromatic rings. The average Bonchev–Trinajstić information content (AvgIpc) is 2.71. The second kappa shape index (κ2) is 4.17. The molecule has 0 aliphatic carbocycles. The fourth-order valence-electron chi connectivity index (χ4n) is 1.44. The van der Waals surface area contributed by atoms with Gasteiger partial charge in [0.05, 0.1) is 5.56 Å². The summed E-state index contributed by atoms with van der Waals surface area (Å²) in [6.45, 7) is 0. The van der Waals surface area contributed by atoms with Gasteiger partial charge < -0.3 is 9.72 Å². The van der Waals surface area contributed by atoms with Crippen molar-refractivity contribution in [1.82, 2.24) is 4.98 Å². The van der Waals surface area contributed by atoms with Crippen LogP contribution in [0.5, 0.6) is 0 Å². The molecule has 0 saturated heterocycles. The minimum atomic E-state index is -5.19. The van der Waals surface area contributed by atoms with E-state index in [1.54, 1.807) is 18.2 Å². The lowest BCUT2D eigenvalue weighted by molar-refractivity contribution is -0.193. The van der Waals surface area contributed by atoms with Gasteiger partial charge in [-0.1, -0.05) is 18.2 Å². The molecule has 0 spiro atoms. The van der Waals surface area contributed by atoms with Crippen LogP contribution in [0.3, 0.4) is 0 Å². The molecule has 7 heteroatoms. The number of benzene rings is 1. The van der Waals surface area contributed by atoms with E-state index in [4.69, 9.17) is 0 Å². The number of ether oxygens (including phenoxy) is 1. The molecule has 2 rings (SSSR count). The van der Waals surface area contributed by atoms with Gasteiger partial charge in [-0.2, -0.15) is 13.2 Å². The maximum Gasteiger partial charge on any atom is 0.491 e. The Morgan fingerprint density at radius 2 is 1.83 bits per heavy atom. The molecular formula is C11H6F3NO3. The molecule has 1 N–H and O–H groups in total. The van der Waals surface area contributed by atoms with Crippen molar-refractivity contribution in [3.63, 3.8) is 0 Å². The molecule has 94 valence electrons. The summed E-state index contributed by atoms with van der Waals surface area (Å²) < 4.78 is 39.5. The van der Waals surface area contributed by atoms with Crippen molar-refractivity contribution in [3.05, 3.63) is 36.0 Å². The third-order valence-corrected chi connectivity index (χ3v) is 2.23. The highest BCUT2D eigenvalue weighted by atomic mass is 19.4. The van der Waals surface area contributed by atoms with Crippen molar-refractivity contribution in [2.24, 2.45) is 0 Å². The van der Waals surface area contributed by atoms with Gasteiger partial charge in [-0.25, -0.2) is 9.59 Å². The number of hydrogen-bond acceptors (Lipinski definition) is 3. The van der Waals surface area contributed by atoms with Crippen LogP contribution < -0.4 is 0 Å². The Kier molecular flexibility index (Phi) is 2.82. The number of rotatable bonds is 1. The van der Waals surface area contributed by atoms with Gasteiger partial charge >= 0.3 is 18.1 Å². The number of halogens is 3. The van der Waals surface area contributed by atoms with Gasteiger partial charge in [-0.05, 0) is 6.07 Å². The van der Waals surface area contributed by atoms with Crippen molar-refractivity contribution in [2.75, 3.05) is 0 Å². The standard InChI is InChI=1S/C11H6F3NO3/c12-11(13,14)10(17)18-9(16)7-5-15-8-4-2-1-3-6(7)8/h1-5,15H. The van der Waals surface area contributed by atoms with E-state index in [2.05, 4.69) is 9.72 Å². The van der Waals surface area contributed by atoms with Crippen molar-refractivity contribution >= 4 is 22.8 Å².